The molecule has 21 heavy (non-hydrogen) atoms. The maximum atomic E-state index is 5.92. The maximum absolute atomic E-state index is 5.92. The molecular formula is C18H14ClNO. The Kier molecular flexibility index (Phi) is 4.17. The third kappa shape index (κ3) is 3.61. The van der Waals surface area contributed by atoms with Crippen molar-refractivity contribution in [3.8, 4) is 16.9 Å². The van der Waals surface area contributed by atoms with Crippen molar-refractivity contribution in [3.05, 3.63) is 83.6 Å². The Balaban J connectivity index is 1.75. The van der Waals surface area contributed by atoms with Crippen molar-refractivity contribution in [1.29, 1.82) is 0 Å². The lowest BCUT2D eigenvalue weighted by atomic mass is 10.1. The van der Waals surface area contributed by atoms with Gasteiger partial charge in [0.2, 0.25) is 0 Å². The first kappa shape index (κ1) is 13.7. The van der Waals surface area contributed by atoms with Gasteiger partial charge in [-0.15, -0.1) is 0 Å². The molecule has 1 aromatic heterocycles. The molecule has 0 aliphatic rings. The minimum Gasteiger partial charge on any atom is -0.487 e. The van der Waals surface area contributed by atoms with Gasteiger partial charge in [-0.3, -0.25) is 4.98 Å². The zero-order valence-corrected chi connectivity index (χ0v) is 12.1. The number of hydrogen-bond acceptors (Lipinski definition) is 2. The second-order valence-electron chi connectivity index (χ2n) is 4.64. The topological polar surface area (TPSA) is 22.1 Å². The number of nitrogens with zero attached hydrogens (tertiary/aromatic N) is 1. The molecule has 0 spiro atoms. The molecule has 3 rings (SSSR count). The fraction of sp³-hybridized carbons (Fsp3) is 0.0556. The fourth-order valence-electron chi connectivity index (χ4n) is 2.05. The van der Waals surface area contributed by atoms with Gasteiger partial charge in [-0.2, -0.15) is 0 Å². The van der Waals surface area contributed by atoms with Crippen molar-refractivity contribution in [1.82, 2.24) is 4.98 Å². The summed E-state index contributed by atoms with van der Waals surface area (Å²) < 4.78 is 5.72. The monoisotopic (exact) mass is 295 g/mol. The molecule has 0 saturated carbocycles. The lowest BCUT2D eigenvalue weighted by Gasteiger charge is -2.07. The predicted molar refractivity (Wildman–Crippen MR) is 85.5 cm³/mol. The van der Waals surface area contributed by atoms with Gasteiger partial charge in [0.25, 0.3) is 0 Å². The van der Waals surface area contributed by atoms with Crippen LogP contribution in [-0.4, -0.2) is 4.98 Å². The summed E-state index contributed by atoms with van der Waals surface area (Å²) in [5, 5.41) is 0.737. The van der Waals surface area contributed by atoms with Crippen LogP contribution < -0.4 is 4.74 Å². The highest BCUT2D eigenvalue weighted by Crippen LogP contribution is 2.22. The van der Waals surface area contributed by atoms with Crippen LogP contribution in [-0.2, 0) is 6.61 Å². The SMILES string of the molecule is Clc1ccc(-c2ccnc(COc3ccccc3)c2)cc1. The molecule has 2 aromatic carbocycles. The maximum Gasteiger partial charge on any atom is 0.130 e. The summed E-state index contributed by atoms with van der Waals surface area (Å²) in [6, 6.07) is 21.5. The first-order chi connectivity index (χ1) is 10.3. The molecule has 1 heterocycles. The van der Waals surface area contributed by atoms with Crippen molar-refractivity contribution in [2.45, 2.75) is 6.61 Å². The van der Waals surface area contributed by atoms with E-state index in [4.69, 9.17) is 16.3 Å². The molecule has 0 atom stereocenters. The Hall–Kier alpha value is -2.32. The van der Waals surface area contributed by atoms with Crippen LogP contribution in [0.3, 0.4) is 0 Å². The zero-order chi connectivity index (χ0) is 14.5. The molecule has 0 aliphatic carbocycles. The lowest BCUT2D eigenvalue weighted by molar-refractivity contribution is 0.301. The van der Waals surface area contributed by atoms with Gasteiger partial charge in [-0.1, -0.05) is 41.9 Å². The quantitative estimate of drug-likeness (QED) is 0.677. The number of hydrogen-bond donors (Lipinski definition) is 0. The molecule has 0 unspecified atom stereocenters. The molecule has 0 bridgehead atoms. The van der Waals surface area contributed by atoms with E-state index in [1.54, 1.807) is 6.20 Å². The van der Waals surface area contributed by atoms with Crippen molar-refractivity contribution in [3.63, 3.8) is 0 Å². The van der Waals surface area contributed by atoms with Crippen LogP contribution in [0.2, 0.25) is 5.02 Å². The highest BCUT2D eigenvalue weighted by atomic mass is 35.5. The smallest absolute Gasteiger partial charge is 0.130 e. The first-order valence-corrected chi connectivity index (χ1v) is 7.08. The van der Waals surface area contributed by atoms with E-state index in [1.807, 2.05) is 66.7 Å². The number of rotatable bonds is 4. The average molecular weight is 296 g/mol. The van der Waals surface area contributed by atoms with Crippen molar-refractivity contribution in [2.24, 2.45) is 0 Å². The fourth-order valence-corrected chi connectivity index (χ4v) is 2.18. The van der Waals surface area contributed by atoms with Crippen molar-refractivity contribution < 1.29 is 4.74 Å². The Labute approximate surface area is 129 Å². The van der Waals surface area contributed by atoms with Crippen LogP contribution in [0.25, 0.3) is 11.1 Å². The largest absolute Gasteiger partial charge is 0.487 e. The minimum absolute atomic E-state index is 0.450. The normalized spacial score (nSPS) is 10.3. The highest BCUT2D eigenvalue weighted by molar-refractivity contribution is 6.30. The van der Waals surface area contributed by atoms with Gasteiger partial charge in [0.1, 0.15) is 12.4 Å². The van der Waals surface area contributed by atoms with Gasteiger partial charge in [-0.05, 0) is 47.5 Å². The molecule has 0 saturated heterocycles. The number of pyridine rings is 1. The van der Waals surface area contributed by atoms with Gasteiger partial charge in [0.05, 0.1) is 5.69 Å². The standard InChI is InChI=1S/C18H14ClNO/c19-16-8-6-14(7-9-16)15-10-11-20-17(12-15)13-21-18-4-2-1-3-5-18/h1-12H,13H2. The van der Waals surface area contributed by atoms with E-state index in [9.17, 15) is 0 Å². The van der Waals surface area contributed by atoms with Gasteiger partial charge < -0.3 is 4.74 Å². The number of halogens is 1. The molecule has 0 fully saturated rings. The summed E-state index contributed by atoms with van der Waals surface area (Å²) in [6.45, 7) is 0.450. The van der Waals surface area contributed by atoms with E-state index in [0.717, 1.165) is 27.6 Å². The highest BCUT2D eigenvalue weighted by Gasteiger charge is 2.02. The molecule has 0 radical (unpaired) electrons. The Morgan fingerprint density at radius 2 is 1.62 bits per heavy atom. The van der Waals surface area contributed by atoms with E-state index in [2.05, 4.69) is 4.98 Å². The third-order valence-electron chi connectivity index (χ3n) is 3.12. The molecule has 2 nitrogen and oxygen atoms in total. The van der Waals surface area contributed by atoms with E-state index < -0.39 is 0 Å². The Bertz CT molecular complexity index is 711. The van der Waals surface area contributed by atoms with E-state index >= 15 is 0 Å². The van der Waals surface area contributed by atoms with Crippen molar-refractivity contribution >= 4 is 11.6 Å². The summed E-state index contributed by atoms with van der Waals surface area (Å²) in [6.07, 6.45) is 1.80. The van der Waals surface area contributed by atoms with Crippen LogP contribution in [0.5, 0.6) is 5.75 Å². The molecule has 0 N–H and O–H groups in total. The third-order valence-corrected chi connectivity index (χ3v) is 3.38. The average Bonchev–Trinajstić information content (AvgIpc) is 2.55. The second kappa shape index (κ2) is 6.42. The van der Waals surface area contributed by atoms with Crippen LogP contribution in [0.4, 0.5) is 0 Å². The Morgan fingerprint density at radius 3 is 2.38 bits per heavy atom. The van der Waals surface area contributed by atoms with Gasteiger partial charge in [0, 0.05) is 11.2 Å². The Morgan fingerprint density at radius 1 is 0.857 bits per heavy atom. The summed E-state index contributed by atoms with van der Waals surface area (Å²) in [5.74, 6) is 0.844. The predicted octanol–water partition coefficient (Wildman–Crippen LogP) is 4.98. The summed E-state index contributed by atoms with van der Waals surface area (Å²) in [4.78, 5) is 4.35. The van der Waals surface area contributed by atoms with Crippen LogP contribution >= 0.6 is 11.6 Å². The summed E-state index contributed by atoms with van der Waals surface area (Å²) in [7, 11) is 0. The number of aromatic nitrogens is 1. The summed E-state index contributed by atoms with van der Waals surface area (Å²) >= 11 is 5.92. The first-order valence-electron chi connectivity index (χ1n) is 6.70. The minimum atomic E-state index is 0.450. The van der Waals surface area contributed by atoms with Crippen LogP contribution in [0.15, 0.2) is 72.9 Å². The van der Waals surface area contributed by atoms with E-state index in [0.29, 0.717) is 6.61 Å². The van der Waals surface area contributed by atoms with Crippen molar-refractivity contribution in [2.75, 3.05) is 0 Å². The van der Waals surface area contributed by atoms with E-state index in [-0.39, 0.29) is 0 Å². The number of benzene rings is 2. The van der Waals surface area contributed by atoms with Crippen LogP contribution in [0, 0.1) is 0 Å². The molecule has 0 amide bonds. The molecule has 3 aromatic rings. The number of ether oxygens (including phenoxy) is 1. The van der Waals surface area contributed by atoms with Gasteiger partial charge in [0.15, 0.2) is 0 Å². The van der Waals surface area contributed by atoms with Gasteiger partial charge in [-0.25, -0.2) is 0 Å². The molecular weight excluding hydrogens is 282 g/mol. The van der Waals surface area contributed by atoms with Crippen LogP contribution in [0.1, 0.15) is 5.69 Å². The van der Waals surface area contributed by atoms with E-state index in [1.165, 1.54) is 0 Å². The number of para-hydroxylation sites is 1. The van der Waals surface area contributed by atoms with Gasteiger partial charge >= 0.3 is 0 Å². The summed E-state index contributed by atoms with van der Waals surface area (Å²) in [5.41, 5.74) is 3.11. The lowest BCUT2D eigenvalue weighted by Crippen LogP contribution is -1.98. The second-order valence-corrected chi connectivity index (χ2v) is 5.08. The zero-order valence-electron chi connectivity index (χ0n) is 11.4. The molecule has 3 heteroatoms. The molecule has 104 valence electrons. The molecule has 0 aliphatic heterocycles.